The summed E-state index contributed by atoms with van der Waals surface area (Å²) in [6.45, 7) is 5.63. The molecule has 0 radical (unpaired) electrons. The van der Waals surface area contributed by atoms with Gasteiger partial charge in [-0.3, -0.25) is 4.79 Å². The largest absolute Gasteiger partial charge is 0.368 e. The molecule has 2 aliphatic rings. The summed E-state index contributed by atoms with van der Waals surface area (Å²) in [6.07, 6.45) is 1.57. The minimum absolute atomic E-state index is 0.194. The maximum Gasteiger partial charge on any atom is 0.224 e. The van der Waals surface area contributed by atoms with Crippen LogP contribution in [0.1, 0.15) is 18.9 Å². The number of carbonyl (C=O) groups is 1. The van der Waals surface area contributed by atoms with Crippen molar-refractivity contribution >= 4 is 17.3 Å². The number of fused-ring (bicyclic) bond motifs is 1. The molecule has 2 aromatic rings. The molecule has 27 heavy (non-hydrogen) atoms. The third-order valence-corrected chi connectivity index (χ3v) is 5.74. The van der Waals surface area contributed by atoms with Crippen molar-refractivity contribution in [3.05, 3.63) is 59.9 Å². The molecule has 2 heterocycles. The zero-order chi connectivity index (χ0) is 18.8. The van der Waals surface area contributed by atoms with E-state index in [0.717, 1.165) is 13.0 Å². The number of anilines is 2. The van der Waals surface area contributed by atoms with Gasteiger partial charge in [0.25, 0.3) is 0 Å². The Morgan fingerprint density at radius 2 is 1.67 bits per heavy atom. The lowest BCUT2D eigenvalue weighted by atomic mass is 10.1. The molecule has 2 aliphatic heterocycles. The molecule has 1 fully saturated rings. The topological polar surface area (TPSA) is 26.8 Å². The Bertz CT molecular complexity index is 817. The van der Waals surface area contributed by atoms with Crippen LogP contribution >= 0.6 is 0 Å². The molecular weight excluding hydrogens is 341 g/mol. The molecule has 4 rings (SSSR count). The quantitative estimate of drug-likeness (QED) is 0.830. The van der Waals surface area contributed by atoms with E-state index >= 15 is 0 Å². The predicted molar refractivity (Wildman–Crippen MR) is 107 cm³/mol. The van der Waals surface area contributed by atoms with E-state index in [-0.39, 0.29) is 11.7 Å². The van der Waals surface area contributed by atoms with Crippen molar-refractivity contribution in [2.75, 3.05) is 42.5 Å². The van der Waals surface area contributed by atoms with Crippen LogP contribution in [0.4, 0.5) is 15.8 Å². The Morgan fingerprint density at radius 3 is 2.41 bits per heavy atom. The molecule has 0 aromatic heterocycles. The summed E-state index contributed by atoms with van der Waals surface area (Å²) in [4.78, 5) is 19.0. The van der Waals surface area contributed by atoms with Crippen molar-refractivity contribution in [1.82, 2.24) is 4.90 Å². The molecule has 1 atom stereocenters. The molecule has 4 nitrogen and oxygen atoms in total. The predicted octanol–water partition coefficient (Wildman–Crippen LogP) is 3.32. The molecule has 1 amide bonds. The zero-order valence-electron chi connectivity index (χ0n) is 15.8. The smallest absolute Gasteiger partial charge is 0.224 e. The van der Waals surface area contributed by atoms with E-state index in [2.05, 4.69) is 36.1 Å². The number of rotatable bonds is 4. The van der Waals surface area contributed by atoms with E-state index in [9.17, 15) is 9.18 Å². The summed E-state index contributed by atoms with van der Waals surface area (Å²) in [7, 11) is 0. The lowest BCUT2D eigenvalue weighted by Gasteiger charge is -2.36. The highest BCUT2D eigenvalue weighted by molar-refractivity contribution is 5.77. The third-order valence-electron chi connectivity index (χ3n) is 5.74. The van der Waals surface area contributed by atoms with E-state index in [1.54, 1.807) is 12.1 Å². The molecule has 0 N–H and O–H groups in total. The molecule has 0 aliphatic carbocycles. The summed E-state index contributed by atoms with van der Waals surface area (Å²) in [5.41, 5.74) is 3.27. The van der Waals surface area contributed by atoms with Gasteiger partial charge < -0.3 is 14.7 Å². The molecule has 2 aromatic carbocycles. The van der Waals surface area contributed by atoms with Gasteiger partial charge in [0.1, 0.15) is 5.82 Å². The first-order chi connectivity index (χ1) is 13.1. The average molecular weight is 367 g/mol. The minimum atomic E-state index is -0.195. The fourth-order valence-corrected chi connectivity index (χ4v) is 4.25. The van der Waals surface area contributed by atoms with Crippen molar-refractivity contribution in [2.45, 2.75) is 25.8 Å². The number of para-hydroxylation sites is 2. The number of carbonyl (C=O) groups excluding carboxylic acids is 1. The third kappa shape index (κ3) is 3.64. The summed E-state index contributed by atoms with van der Waals surface area (Å²) in [5.74, 6) is -0.00118. The van der Waals surface area contributed by atoms with Crippen LogP contribution in [-0.2, 0) is 11.2 Å². The second kappa shape index (κ2) is 7.59. The van der Waals surface area contributed by atoms with E-state index in [4.69, 9.17) is 0 Å². The number of nitrogens with zero attached hydrogens (tertiary/aromatic N) is 3. The van der Waals surface area contributed by atoms with Crippen molar-refractivity contribution in [3.8, 4) is 0 Å². The number of hydrogen-bond acceptors (Lipinski definition) is 3. The summed E-state index contributed by atoms with van der Waals surface area (Å²) < 4.78 is 14.0. The first kappa shape index (κ1) is 17.8. The van der Waals surface area contributed by atoms with Gasteiger partial charge in [-0.05, 0) is 37.1 Å². The van der Waals surface area contributed by atoms with E-state index in [1.807, 2.05) is 15.9 Å². The Hall–Kier alpha value is -2.56. The van der Waals surface area contributed by atoms with Gasteiger partial charge in [0.15, 0.2) is 0 Å². The number of amides is 1. The summed E-state index contributed by atoms with van der Waals surface area (Å²) in [5, 5.41) is 0. The van der Waals surface area contributed by atoms with Gasteiger partial charge in [-0.25, -0.2) is 4.39 Å². The lowest BCUT2D eigenvalue weighted by Crippen LogP contribution is -2.49. The molecule has 0 bridgehead atoms. The van der Waals surface area contributed by atoms with Crippen molar-refractivity contribution in [3.63, 3.8) is 0 Å². The van der Waals surface area contributed by atoms with Gasteiger partial charge >= 0.3 is 0 Å². The van der Waals surface area contributed by atoms with Gasteiger partial charge in [-0.2, -0.15) is 0 Å². The van der Waals surface area contributed by atoms with Gasteiger partial charge in [-0.15, -0.1) is 0 Å². The van der Waals surface area contributed by atoms with Crippen LogP contribution < -0.4 is 9.80 Å². The first-order valence-electron chi connectivity index (χ1n) is 9.75. The second-order valence-electron chi connectivity index (χ2n) is 7.44. The maximum absolute atomic E-state index is 14.0. The second-order valence-corrected chi connectivity index (χ2v) is 7.44. The van der Waals surface area contributed by atoms with Crippen LogP contribution in [0.2, 0.25) is 0 Å². The fourth-order valence-electron chi connectivity index (χ4n) is 4.25. The Labute approximate surface area is 160 Å². The SMILES string of the molecule is CC1Cc2ccccc2N1CCC(=O)N1CCN(c2ccccc2F)CC1. The maximum atomic E-state index is 14.0. The standard InChI is InChI=1S/C22H26FN3O/c1-17-16-18-6-2-4-8-20(18)26(17)11-10-22(27)25-14-12-24(13-15-25)21-9-5-3-7-19(21)23/h2-9,17H,10-16H2,1H3. The lowest BCUT2D eigenvalue weighted by molar-refractivity contribution is -0.131. The highest BCUT2D eigenvalue weighted by Gasteiger charge is 2.27. The van der Waals surface area contributed by atoms with Crippen LogP contribution in [0.3, 0.4) is 0 Å². The average Bonchev–Trinajstić information content (AvgIpc) is 3.02. The molecule has 1 saturated heterocycles. The normalized spacial score (nSPS) is 19.3. The van der Waals surface area contributed by atoms with Gasteiger partial charge in [0, 0.05) is 50.9 Å². The minimum Gasteiger partial charge on any atom is -0.368 e. The van der Waals surface area contributed by atoms with Crippen LogP contribution in [0.15, 0.2) is 48.5 Å². The van der Waals surface area contributed by atoms with E-state index < -0.39 is 0 Å². The van der Waals surface area contributed by atoms with E-state index in [1.165, 1.54) is 17.3 Å². The molecular formula is C22H26FN3O. The summed E-state index contributed by atoms with van der Waals surface area (Å²) >= 11 is 0. The Balaban J connectivity index is 1.31. The highest BCUT2D eigenvalue weighted by Crippen LogP contribution is 2.31. The van der Waals surface area contributed by atoms with Crippen LogP contribution in [-0.4, -0.2) is 49.6 Å². The zero-order valence-corrected chi connectivity index (χ0v) is 15.8. The number of benzene rings is 2. The number of halogens is 1. The number of hydrogen-bond donors (Lipinski definition) is 0. The fraction of sp³-hybridized carbons (Fsp3) is 0.409. The highest BCUT2D eigenvalue weighted by atomic mass is 19.1. The molecule has 0 saturated carbocycles. The van der Waals surface area contributed by atoms with Gasteiger partial charge in [0.05, 0.1) is 5.69 Å². The molecule has 142 valence electrons. The number of piperazine rings is 1. The molecule has 0 spiro atoms. The molecule has 1 unspecified atom stereocenters. The van der Waals surface area contributed by atoms with Crippen LogP contribution in [0.5, 0.6) is 0 Å². The van der Waals surface area contributed by atoms with Gasteiger partial charge in [-0.1, -0.05) is 30.3 Å². The van der Waals surface area contributed by atoms with Crippen molar-refractivity contribution < 1.29 is 9.18 Å². The van der Waals surface area contributed by atoms with Gasteiger partial charge in [0.2, 0.25) is 5.91 Å². The Morgan fingerprint density at radius 1 is 1.00 bits per heavy atom. The Kier molecular flexibility index (Phi) is 5.01. The van der Waals surface area contributed by atoms with E-state index in [0.29, 0.717) is 44.3 Å². The first-order valence-corrected chi connectivity index (χ1v) is 9.75. The van der Waals surface area contributed by atoms with Crippen molar-refractivity contribution in [1.29, 1.82) is 0 Å². The summed E-state index contributed by atoms with van der Waals surface area (Å²) in [6, 6.07) is 15.8. The monoisotopic (exact) mass is 367 g/mol. The molecule has 5 heteroatoms. The van der Waals surface area contributed by atoms with Crippen molar-refractivity contribution in [2.24, 2.45) is 0 Å². The van der Waals surface area contributed by atoms with Crippen LogP contribution in [0.25, 0.3) is 0 Å². The van der Waals surface area contributed by atoms with Crippen LogP contribution in [0, 0.1) is 5.82 Å².